The number of rotatable bonds is 4. The summed E-state index contributed by atoms with van der Waals surface area (Å²) in [5, 5.41) is 9.75. The number of carboxylic acid groups (broad SMARTS) is 1. The van der Waals surface area contributed by atoms with Crippen LogP contribution in [0.1, 0.15) is 41.1 Å². The van der Waals surface area contributed by atoms with Crippen molar-refractivity contribution in [2.24, 2.45) is 0 Å². The van der Waals surface area contributed by atoms with Gasteiger partial charge in [0.15, 0.2) is 0 Å². The number of hydrogen-bond acceptors (Lipinski definition) is 4. The van der Waals surface area contributed by atoms with E-state index in [1.54, 1.807) is 11.8 Å². The van der Waals surface area contributed by atoms with Crippen molar-refractivity contribution in [1.82, 2.24) is 4.98 Å². The molecule has 2 heterocycles. The van der Waals surface area contributed by atoms with E-state index in [0.29, 0.717) is 16.5 Å². The lowest BCUT2D eigenvalue weighted by molar-refractivity contribution is 0.0695. The molecule has 132 valence electrons. The van der Waals surface area contributed by atoms with E-state index in [0.717, 1.165) is 37.9 Å². The number of fused-ring (bicyclic) bond motifs is 1. The third-order valence-corrected chi connectivity index (χ3v) is 6.20. The van der Waals surface area contributed by atoms with Crippen molar-refractivity contribution in [1.29, 1.82) is 0 Å². The van der Waals surface area contributed by atoms with Gasteiger partial charge in [-0.3, -0.25) is 4.79 Å². The van der Waals surface area contributed by atoms with Crippen LogP contribution in [0.5, 0.6) is 0 Å². The van der Waals surface area contributed by atoms with E-state index in [1.807, 2.05) is 0 Å². The topological polar surface area (TPSA) is 73.4 Å². The smallest absolute Gasteiger partial charge is 0.341 e. The molecule has 2 N–H and O–H groups in total. The summed E-state index contributed by atoms with van der Waals surface area (Å²) in [4.78, 5) is 28.7. The minimum absolute atomic E-state index is 0.128. The number of aromatic carboxylic acids is 1. The van der Waals surface area contributed by atoms with Gasteiger partial charge >= 0.3 is 5.97 Å². The Morgan fingerprint density at radius 2 is 2.16 bits per heavy atom. The fraction of sp³-hybridized carbons (Fsp3) is 0.444. The SMILES string of the molecule is CSC1CCN(c2c(F)cc3c(=O)c(C(=O)O)c[nH]c3c2C2CC2)C1. The summed E-state index contributed by atoms with van der Waals surface area (Å²) in [6, 6.07) is 1.20. The van der Waals surface area contributed by atoms with Crippen LogP contribution >= 0.6 is 11.8 Å². The molecule has 1 aromatic heterocycles. The van der Waals surface area contributed by atoms with Crippen molar-refractivity contribution in [3.05, 3.63) is 39.4 Å². The predicted molar refractivity (Wildman–Crippen MR) is 97.6 cm³/mol. The predicted octanol–water partition coefficient (Wildman–Crippen LogP) is 3.18. The summed E-state index contributed by atoms with van der Waals surface area (Å²) >= 11 is 1.79. The second kappa shape index (κ2) is 6.05. The number of nitrogens with one attached hydrogen (secondary N) is 1. The van der Waals surface area contributed by atoms with E-state index in [9.17, 15) is 9.59 Å². The molecule has 1 saturated heterocycles. The van der Waals surface area contributed by atoms with E-state index in [-0.39, 0.29) is 16.9 Å². The fourth-order valence-electron chi connectivity index (χ4n) is 3.72. The van der Waals surface area contributed by atoms with Gasteiger partial charge in [0.05, 0.1) is 11.2 Å². The van der Waals surface area contributed by atoms with E-state index in [1.165, 1.54) is 12.3 Å². The average Bonchev–Trinajstić information content (AvgIpc) is 3.31. The highest BCUT2D eigenvalue weighted by Gasteiger charge is 2.35. The number of anilines is 1. The zero-order chi connectivity index (χ0) is 17.7. The molecule has 0 bridgehead atoms. The Labute approximate surface area is 148 Å². The van der Waals surface area contributed by atoms with Crippen LogP contribution in [0.2, 0.25) is 0 Å². The highest BCUT2D eigenvalue weighted by Crippen LogP contribution is 2.48. The number of aromatic nitrogens is 1. The average molecular weight is 362 g/mol. The molecule has 1 aromatic carbocycles. The van der Waals surface area contributed by atoms with E-state index >= 15 is 4.39 Å². The van der Waals surface area contributed by atoms with Crippen LogP contribution in [0, 0.1) is 5.82 Å². The molecule has 2 fully saturated rings. The third kappa shape index (κ3) is 2.70. The van der Waals surface area contributed by atoms with Crippen LogP contribution in [0.4, 0.5) is 10.1 Å². The molecule has 1 aliphatic carbocycles. The summed E-state index contributed by atoms with van der Waals surface area (Å²) < 4.78 is 15.0. The number of pyridine rings is 1. The Balaban J connectivity index is 1.94. The molecule has 7 heteroatoms. The van der Waals surface area contributed by atoms with Gasteiger partial charge in [-0.25, -0.2) is 9.18 Å². The van der Waals surface area contributed by atoms with Crippen molar-refractivity contribution < 1.29 is 14.3 Å². The number of aromatic amines is 1. The molecule has 5 nitrogen and oxygen atoms in total. The number of H-pyrrole nitrogens is 1. The Bertz CT molecular complexity index is 923. The summed E-state index contributed by atoms with van der Waals surface area (Å²) in [5.41, 5.74) is 1.03. The standard InChI is InChI=1S/C18H19FN2O3S/c1-25-10-4-5-21(8-10)16-13(19)6-11-15(14(16)9-2-3-9)20-7-12(17(11)22)18(23)24/h6-7,9-10H,2-5,8H2,1H3,(H,20,22)(H,23,24). The number of hydrogen-bond donors (Lipinski definition) is 2. The molecule has 1 unspecified atom stereocenters. The number of carbonyl (C=O) groups is 1. The molecule has 0 amide bonds. The van der Waals surface area contributed by atoms with Gasteiger partial charge in [0, 0.05) is 35.5 Å². The second-order valence-corrected chi connectivity index (χ2v) is 7.88. The molecule has 1 saturated carbocycles. The van der Waals surface area contributed by atoms with Gasteiger partial charge in [0.25, 0.3) is 0 Å². The third-order valence-electron chi connectivity index (χ3n) is 5.15. The summed E-state index contributed by atoms with van der Waals surface area (Å²) in [6.07, 6.45) is 6.24. The molecule has 0 spiro atoms. The van der Waals surface area contributed by atoms with Crippen molar-refractivity contribution in [3.8, 4) is 0 Å². The van der Waals surface area contributed by atoms with Crippen LogP contribution in [0.25, 0.3) is 10.9 Å². The number of thioether (sulfide) groups is 1. The van der Waals surface area contributed by atoms with Crippen LogP contribution in [-0.2, 0) is 0 Å². The van der Waals surface area contributed by atoms with Crippen molar-refractivity contribution in [3.63, 3.8) is 0 Å². The number of carboxylic acids is 1. The molecule has 25 heavy (non-hydrogen) atoms. The largest absolute Gasteiger partial charge is 0.477 e. The maximum Gasteiger partial charge on any atom is 0.341 e. The first kappa shape index (κ1) is 16.4. The molecule has 1 aliphatic heterocycles. The minimum Gasteiger partial charge on any atom is -0.477 e. The first-order valence-corrected chi connectivity index (χ1v) is 9.69. The highest BCUT2D eigenvalue weighted by atomic mass is 32.2. The lowest BCUT2D eigenvalue weighted by Crippen LogP contribution is -2.24. The zero-order valence-electron chi connectivity index (χ0n) is 13.8. The Morgan fingerprint density at radius 3 is 2.76 bits per heavy atom. The van der Waals surface area contributed by atoms with Crippen molar-refractivity contribution >= 4 is 34.3 Å². The molecular formula is C18H19FN2O3S. The quantitative estimate of drug-likeness (QED) is 0.874. The van der Waals surface area contributed by atoms with Gasteiger partial charge in [0.2, 0.25) is 5.43 Å². The van der Waals surface area contributed by atoms with Crippen LogP contribution < -0.4 is 10.3 Å². The first-order valence-electron chi connectivity index (χ1n) is 8.40. The van der Waals surface area contributed by atoms with Gasteiger partial charge in [-0.15, -0.1) is 0 Å². The van der Waals surface area contributed by atoms with Gasteiger partial charge in [-0.1, -0.05) is 0 Å². The molecule has 2 aromatic rings. The van der Waals surface area contributed by atoms with Crippen LogP contribution in [0.15, 0.2) is 17.1 Å². The molecule has 2 aliphatic rings. The van der Waals surface area contributed by atoms with Gasteiger partial charge < -0.3 is 15.0 Å². The maximum atomic E-state index is 15.0. The van der Waals surface area contributed by atoms with Gasteiger partial charge in [-0.05, 0) is 37.5 Å². The van der Waals surface area contributed by atoms with Gasteiger partial charge in [0.1, 0.15) is 11.4 Å². The number of halogens is 1. The number of benzene rings is 1. The minimum atomic E-state index is -1.30. The highest BCUT2D eigenvalue weighted by molar-refractivity contribution is 7.99. The van der Waals surface area contributed by atoms with E-state index < -0.39 is 17.2 Å². The lowest BCUT2D eigenvalue weighted by Gasteiger charge is -2.24. The van der Waals surface area contributed by atoms with E-state index in [4.69, 9.17) is 5.11 Å². The zero-order valence-corrected chi connectivity index (χ0v) is 14.7. The Hall–Kier alpha value is -2.02. The Morgan fingerprint density at radius 1 is 1.40 bits per heavy atom. The van der Waals surface area contributed by atoms with Crippen molar-refractivity contribution in [2.75, 3.05) is 24.2 Å². The lowest BCUT2D eigenvalue weighted by atomic mass is 10.0. The summed E-state index contributed by atoms with van der Waals surface area (Å²) in [5.74, 6) is -1.50. The van der Waals surface area contributed by atoms with Crippen LogP contribution in [0.3, 0.4) is 0 Å². The summed E-state index contributed by atoms with van der Waals surface area (Å²) in [7, 11) is 0. The van der Waals surface area contributed by atoms with E-state index in [2.05, 4.69) is 16.1 Å². The molecule has 1 atom stereocenters. The maximum absolute atomic E-state index is 15.0. The normalized spacial score (nSPS) is 20.4. The van der Waals surface area contributed by atoms with Crippen molar-refractivity contribution in [2.45, 2.75) is 30.4 Å². The first-order chi connectivity index (χ1) is 12.0. The van der Waals surface area contributed by atoms with Crippen LogP contribution in [-0.4, -0.2) is 40.7 Å². The molecule has 4 rings (SSSR count). The number of nitrogens with zero attached hydrogens (tertiary/aromatic N) is 1. The Kier molecular flexibility index (Phi) is 3.98. The second-order valence-electron chi connectivity index (χ2n) is 6.75. The molecular weight excluding hydrogens is 343 g/mol. The molecule has 0 radical (unpaired) electrons. The van der Waals surface area contributed by atoms with Gasteiger partial charge in [-0.2, -0.15) is 11.8 Å². The fourth-order valence-corrected chi connectivity index (χ4v) is 4.39. The monoisotopic (exact) mass is 362 g/mol. The summed E-state index contributed by atoms with van der Waals surface area (Å²) in [6.45, 7) is 1.59.